The van der Waals surface area contributed by atoms with Crippen molar-refractivity contribution in [1.82, 2.24) is 10.3 Å². The van der Waals surface area contributed by atoms with Crippen molar-refractivity contribution in [3.8, 4) is 5.88 Å². The molecule has 0 unspecified atom stereocenters. The maximum absolute atomic E-state index is 11.3. The van der Waals surface area contributed by atoms with Crippen LogP contribution in [0.15, 0.2) is 18.3 Å². The third kappa shape index (κ3) is 3.23. The van der Waals surface area contributed by atoms with Crippen LogP contribution in [0.25, 0.3) is 0 Å². The van der Waals surface area contributed by atoms with Gasteiger partial charge in [-0.3, -0.25) is 4.79 Å². The summed E-state index contributed by atoms with van der Waals surface area (Å²) in [6, 6.07) is 4.05. The van der Waals surface area contributed by atoms with Gasteiger partial charge in [0.25, 0.3) is 5.91 Å². The van der Waals surface area contributed by atoms with Crippen molar-refractivity contribution in [1.29, 1.82) is 0 Å². The van der Waals surface area contributed by atoms with E-state index in [-0.39, 0.29) is 12.5 Å². The van der Waals surface area contributed by atoms with Gasteiger partial charge in [-0.15, -0.1) is 0 Å². The van der Waals surface area contributed by atoms with Gasteiger partial charge in [0.15, 0.2) is 6.61 Å². The molecule has 1 aliphatic carbocycles. The predicted molar refractivity (Wildman–Crippen MR) is 55.6 cm³/mol. The third-order valence-corrected chi connectivity index (χ3v) is 2.18. The Hall–Kier alpha value is -1.58. The summed E-state index contributed by atoms with van der Waals surface area (Å²) >= 11 is 0. The van der Waals surface area contributed by atoms with E-state index in [0.717, 1.165) is 18.4 Å². The minimum atomic E-state index is -0.0696. The second kappa shape index (κ2) is 4.29. The van der Waals surface area contributed by atoms with Crippen LogP contribution in [0.5, 0.6) is 5.88 Å². The highest BCUT2D eigenvalue weighted by atomic mass is 16.5. The van der Waals surface area contributed by atoms with Gasteiger partial charge in [0.2, 0.25) is 5.88 Å². The van der Waals surface area contributed by atoms with Crippen molar-refractivity contribution in [2.45, 2.75) is 25.8 Å². The molecule has 1 aromatic heterocycles. The maximum atomic E-state index is 11.3. The lowest BCUT2D eigenvalue weighted by molar-refractivity contribution is -0.123. The highest BCUT2D eigenvalue weighted by molar-refractivity contribution is 5.78. The zero-order valence-electron chi connectivity index (χ0n) is 8.69. The van der Waals surface area contributed by atoms with E-state index < -0.39 is 0 Å². The molecule has 1 fully saturated rings. The first kappa shape index (κ1) is 9.96. The number of aromatic nitrogens is 1. The van der Waals surface area contributed by atoms with Gasteiger partial charge in [-0.2, -0.15) is 0 Å². The molecule has 4 heteroatoms. The first-order chi connectivity index (χ1) is 7.24. The van der Waals surface area contributed by atoms with Crippen molar-refractivity contribution < 1.29 is 9.53 Å². The van der Waals surface area contributed by atoms with Crippen LogP contribution >= 0.6 is 0 Å². The van der Waals surface area contributed by atoms with Gasteiger partial charge in [0.05, 0.1) is 0 Å². The fourth-order valence-electron chi connectivity index (χ4n) is 1.18. The van der Waals surface area contributed by atoms with E-state index in [2.05, 4.69) is 10.3 Å². The van der Waals surface area contributed by atoms with Crippen molar-refractivity contribution >= 4 is 5.91 Å². The van der Waals surface area contributed by atoms with Gasteiger partial charge in [0, 0.05) is 18.3 Å². The monoisotopic (exact) mass is 206 g/mol. The molecule has 1 heterocycles. The Labute approximate surface area is 88.7 Å². The Morgan fingerprint density at radius 1 is 1.60 bits per heavy atom. The minimum absolute atomic E-state index is 0.0482. The Morgan fingerprint density at radius 3 is 3.00 bits per heavy atom. The van der Waals surface area contributed by atoms with Crippen LogP contribution in [0.4, 0.5) is 0 Å². The number of rotatable bonds is 4. The standard InChI is InChI=1S/C11H14N2O2/c1-8-2-5-11(12-6-8)15-7-10(14)13-9-3-4-9/h2,5-6,9H,3-4,7H2,1H3,(H,13,14). The largest absolute Gasteiger partial charge is 0.468 e. The van der Waals surface area contributed by atoms with Gasteiger partial charge >= 0.3 is 0 Å². The zero-order valence-corrected chi connectivity index (χ0v) is 8.69. The number of pyridine rings is 1. The number of amides is 1. The second-order valence-corrected chi connectivity index (χ2v) is 3.80. The maximum Gasteiger partial charge on any atom is 0.258 e. The van der Waals surface area contributed by atoms with Gasteiger partial charge in [-0.05, 0) is 25.3 Å². The molecule has 2 rings (SSSR count). The number of nitrogens with zero attached hydrogens (tertiary/aromatic N) is 1. The summed E-state index contributed by atoms with van der Waals surface area (Å²) < 4.78 is 5.23. The summed E-state index contributed by atoms with van der Waals surface area (Å²) in [4.78, 5) is 15.3. The number of carbonyl (C=O) groups is 1. The molecule has 1 aliphatic rings. The lowest BCUT2D eigenvalue weighted by Gasteiger charge is -2.05. The fourth-order valence-corrected chi connectivity index (χ4v) is 1.18. The van der Waals surface area contributed by atoms with E-state index in [1.54, 1.807) is 12.3 Å². The molecule has 1 N–H and O–H groups in total. The quantitative estimate of drug-likeness (QED) is 0.801. The lowest BCUT2D eigenvalue weighted by Crippen LogP contribution is -2.30. The SMILES string of the molecule is Cc1ccc(OCC(=O)NC2CC2)nc1. The van der Waals surface area contributed by atoms with E-state index in [1.807, 2.05) is 13.0 Å². The van der Waals surface area contributed by atoms with Crippen LogP contribution in [0.3, 0.4) is 0 Å². The van der Waals surface area contributed by atoms with Crippen LogP contribution in [-0.4, -0.2) is 23.5 Å². The zero-order chi connectivity index (χ0) is 10.7. The molecule has 4 nitrogen and oxygen atoms in total. The van der Waals surface area contributed by atoms with Crippen LogP contribution in [0.1, 0.15) is 18.4 Å². The second-order valence-electron chi connectivity index (χ2n) is 3.80. The number of aryl methyl sites for hydroxylation is 1. The highest BCUT2D eigenvalue weighted by Gasteiger charge is 2.23. The lowest BCUT2D eigenvalue weighted by atomic mass is 10.3. The molecule has 0 aliphatic heterocycles. The van der Waals surface area contributed by atoms with Crippen molar-refractivity contribution in [3.63, 3.8) is 0 Å². The van der Waals surface area contributed by atoms with Crippen LogP contribution < -0.4 is 10.1 Å². The molecule has 0 atom stereocenters. The summed E-state index contributed by atoms with van der Waals surface area (Å²) in [7, 11) is 0. The number of hydrogen-bond acceptors (Lipinski definition) is 3. The summed E-state index contributed by atoms with van der Waals surface area (Å²) in [5, 5.41) is 2.84. The van der Waals surface area contributed by atoms with E-state index in [9.17, 15) is 4.79 Å². The topological polar surface area (TPSA) is 51.2 Å². The van der Waals surface area contributed by atoms with E-state index in [4.69, 9.17) is 4.74 Å². The third-order valence-electron chi connectivity index (χ3n) is 2.18. The molecule has 15 heavy (non-hydrogen) atoms. The van der Waals surface area contributed by atoms with Gasteiger partial charge in [-0.25, -0.2) is 4.98 Å². The van der Waals surface area contributed by atoms with Gasteiger partial charge in [-0.1, -0.05) is 6.07 Å². The number of ether oxygens (including phenoxy) is 1. The molecule has 0 radical (unpaired) electrons. The Balaban J connectivity index is 1.76. The number of carbonyl (C=O) groups excluding carboxylic acids is 1. The molecule has 0 bridgehead atoms. The summed E-state index contributed by atoms with van der Waals surface area (Å²) in [6.45, 7) is 2.00. The smallest absolute Gasteiger partial charge is 0.258 e. The highest BCUT2D eigenvalue weighted by Crippen LogP contribution is 2.18. The van der Waals surface area contributed by atoms with Crippen molar-refractivity contribution in [2.24, 2.45) is 0 Å². The molecule has 0 aromatic carbocycles. The number of hydrogen-bond donors (Lipinski definition) is 1. The predicted octanol–water partition coefficient (Wildman–Crippen LogP) is 1.05. The molecular formula is C11H14N2O2. The Morgan fingerprint density at radius 2 is 2.40 bits per heavy atom. The molecule has 0 spiro atoms. The van der Waals surface area contributed by atoms with Crippen molar-refractivity contribution in [3.05, 3.63) is 23.9 Å². The van der Waals surface area contributed by atoms with E-state index in [1.165, 1.54) is 0 Å². The first-order valence-electron chi connectivity index (χ1n) is 5.09. The van der Waals surface area contributed by atoms with Crippen LogP contribution in [-0.2, 0) is 4.79 Å². The van der Waals surface area contributed by atoms with Crippen LogP contribution in [0.2, 0.25) is 0 Å². The summed E-state index contributed by atoms with van der Waals surface area (Å²) in [6.07, 6.45) is 3.90. The summed E-state index contributed by atoms with van der Waals surface area (Å²) in [5.41, 5.74) is 1.07. The molecule has 80 valence electrons. The minimum Gasteiger partial charge on any atom is -0.468 e. The Kier molecular flexibility index (Phi) is 2.85. The molecule has 1 amide bonds. The molecule has 1 saturated carbocycles. The van der Waals surface area contributed by atoms with Crippen molar-refractivity contribution in [2.75, 3.05) is 6.61 Å². The summed E-state index contributed by atoms with van der Waals surface area (Å²) in [5.74, 6) is 0.423. The first-order valence-corrected chi connectivity index (χ1v) is 5.09. The normalized spacial score (nSPS) is 14.7. The van der Waals surface area contributed by atoms with Gasteiger partial charge < -0.3 is 10.1 Å². The number of nitrogens with one attached hydrogen (secondary N) is 1. The molecular weight excluding hydrogens is 192 g/mol. The van der Waals surface area contributed by atoms with E-state index in [0.29, 0.717) is 11.9 Å². The van der Waals surface area contributed by atoms with E-state index >= 15 is 0 Å². The average Bonchev–Trinajstić information content (AvgIpc) is 3.01. The van der Waals surface area contributed by atoms with Crippen LogP contribution in [0, 0.1) is 6.92 Å². The average molecular weight is 206 g/mol. The Bertz CT molecular complexity index is 344. The molecule has 0 saturated heterocycles. The fraction of sp³-hybridized carbons (Fsp3) is 0.455. The molecule has 1 aromatic rings. The van der Waals surface area contributed by atoms with Gasteiger partial charge in [0.1, 0.15) is 0 Å².